The standard InChI is InChI=1S/C24H24N4O4/c1-4-31-24(30)19-21(29)17(12-16-18-15-9-6-10-25-22(15)26-20(16)18)32-23(19)27-28(3)14-8-5-7-13(2)11-14/h6,8-12,18,27,29H,4-5,7H2,1-3H3. The fourth-order valence-electron chi connectivity index (χ4n) is 4.10. The number of allylic oxidation sites excluding steroid dienone is 4. The quantitative estimate of drug-likeness (QED) is 0.504. The van der Waals surface area contributed by atoms with Crippen LogP contribution in [0.5, 0.6) is 5.75 Å². The van der Waals surface area contributed by atoms with Crippen LogP contribution in [0.25, 0.3) is 6.08 Å². The zero-order valence-corrected chi connectivity index (χ0v) is 18.2. The average molecular weight is 432 g/mol. The summed E-state index contributed by atoms with van der Waals surface area (Å²) >= 11 is 0. The van der Waals surface area contributed by atoms with E-state index in [-0.39, 0.29) is 35.5 Å². The molecule has 32 heavy (non-hydrogen) atoms. The summed E-state index contributed by atoms with van der Waals surface area (Å²) in [7, 11) is 1.83. The van der Waals surface area contributed by atoms with Gasteiger partial charge in [-0.1, -0.05) is 17.7 Å². The van der Waals surface area contributed by atoms with Crippen molar-refractivity contribution >= 4 is 29.5 Å². The largest absolute Gasteiger partial charge is 0.504 e. The van der Waals surface area contributed by atoms with E-state index in [2.05, 4.69) is 34.5 Å². The molecule has 0 spiro atoms. The van der Waals surface area contributed by atoms with Gasteiger partial charge in [0.25, 0.3) is 0 Å². The maximum absolute atomic E-state index is 12.6. The van der Waals surface area contributed by atoms with Gasteiger partial charge in [0.2, 0.25) is 5.88 Å². The van der Waals surface area contributed by atoms with Gasteiger partial charge in [0.05, 0.1) is 23.9 Å². The van der Waals surface area contributed by atoms with Crippen LogP contribution in [-0.4, -0.2) is 40.4 Å². The molecular formula is C24H24N4O4. The lowest BCUT2D eigenvalue weighted by molar-refractivity contribution is 0.0524. The van der Waals surface area contributed by atoms with Crippen molar-refractivity contribution in [3.63, 3.8) is 0 Å². The minimum atomic E-state index is -0.651. The van der Waals surface area contributed by atoms with E-state index in [1.807, 2.05) is 19.2 Å². The van der Waals surface area contributed by atoms with Gasteiger partial charge in [0.1, 0.15) is 0 Å². The fourth-order valence-corrected chi connectivity index (χ4v) is 4.10. The predicted molar refractivity (Wildman–Crippen MR) is 121 cm³/mol. The molecule has 164 valence electrons. The molecule has 0 radical (unpaired) electrons. The Hall–Kier alpha value is -3.81. The van der Waals surface area contributed by atoms with Crippen molar-refractivity contribution in [1.29, 1.82) is 0 Å². The summed E-state index contributed by atoms with van der Waals surface area (Å²) < 4.78 is 11.1. The number of carbonyl (C=O) groups excluding carboxylic acids is 1. The van der Waals surface area contributed by atoms with Gasteiger partial charge in [-0.25, -0.2) is 14.8 Å². The highest BCUT2D eigenvalue weighted by Gasteiger charge is 2.47. The van der Waals surface area contributed by atoms with E-state index in [0.717, 1.165) is 41.2 Å². The van der Waals surface area contributed by atoms with Crippen LogP contribution in [-0.2, 0) is 4.74 Å². The van der Waals surface area contributed by atoms with Gasteiger partial charge in [-0.2, -0.15) is 0 Å². The van der Waals surface area contributed by atoms with Gasteiger partial charge in [-0.3, -0.25) is 10.4 Å². The number of nitrogens with zero attached hydrogens (tertiary/aromatic N) is 3. The van der Waals surface area contributed by atoms with Crippen LogP contribution >= 0.6 is 0 Å². The number of rotatable bonds is 6. The number of likely N-dealkylation sites (N-methyl/N-ethyl adjacent to an activating group) is 1. The molecule has 2 aromatic rings. The molecule has 8 nitrogen and oxygen atoms in total. The molecular weight excluding hydrogens is 408 g/mol. The molecule has 1 fully saturated rings. The minimum absolute atomic E-state index is 0.0301. The molecule has 2 aliphatic carbocycles. The van der Waals surface area contributed by atoms with Gasteiger partial charge >= 0.3 is 5.97 Å². The molecule has 1 atom stereocenters. The van der Waals surface area contributed by atoms with Gasteiger partial charge in [-0.15, -0.1) is 0 Å². The van der Waals surface area contributed by atoms with Crippen LogP contribution in [0, 0.1) is 0 Å². The highest BCUT2D eigenvalue weighted by molar-refractivity contribution is 6.30. The van der Waals surface area contributed by atoms with Crippen LogP contribution in [0.15, 0.2) is 56.7 Å². The molecule has 3 aliphatic rings. The highest BCUT2D eigenvalue weighted by Crippen LogP contribution is 2.54. The van der Waals surface area contributed by atoms with Crippen LogP contribution < -0.4 is 5.43 Å². The normalized spacial score (nSPS) is 19.5. The zero-order chi connectivity index (χ0) is 22.4. The van der Waals surface area contributed by atoms with E-state index in [1.54, 1.807) is 24.2 Å². The zero-order valence-electron chi connectivity index (χ0n) is 18.2. The molecule has 1 aliphatic heterocycles. The molecule has 2 aromatic heterocycles. The Morgan fingerprint density at radius 3 is 3.09 bits per heavy atom. The average Bonchev–Trinajstić information content (AvgIpc) is 3.13. The summed E-state index contributed by atoms with van der Waals surface area (Å²) in [4.78, 5) is 21.4. The van der Waals surface area contributed by atoms with Crippen molar-refractivity contribution in [2.45, 2.75) is 32.6 Å². The number of aromatic nitrogens is 1. The van der Waals surface area contributed by atoms with Crippen LogP contribution in [0.2, 0.25) is 0 Å². The van der Waals surface area contributed by atoms with E-state index in [1.165, 1.54) is 5.57 Å². The Morgan fingerprint density at radius 1 is 1.47 bits per heavy atom. The number of fused-ring (bicyclic) bond motifs is 3. The maximum atomic E-state index is 12.6. The number of aliphatic imine (C=N–C) groups is 1. The Morgan fingerprint density at radius 2 is 2.31 bits per heavy atom. The van der Waals surface area contributed by atoms with Crippen molar-refractivity contribution < 1.29 is 19.1 Å². The molecule has 3 heterocycles. The van der Waals surface area contributed by atoms with Crippen LogP contribution in [0.1, 0.15) is 54.3 Å². The third-order valence-corrected chi connectivity index (χ3v) is 5.77. The van der Waals surface area contributed by atoms with Gasteiger partial charge in [-0.05, 0) is 50.5 Å². The van der Waals surface area contributed by atoms with E-state index in [0.29, 0.717) is 0 Å². The molecule has 0 bridgehead atoms. The molecule has 2 N–H and O–H groups in total. The Kier molecular flexibility index (Phi) is 4.84. The van der Waals surface area contributed by atoms with Crippen molar-refractivity contribution in [2.75, 3.05) is 19.1 Å². The number of nitrogens with one attached hydrogen (secondary N) is 1. The summed E-state index contributed by atoms with van der Waals surface area (Å²) in [6.45, 7) is 3.98. The first-order valence-corrected chi connectivity index (χ1v) is 10.6. The Labute approximate surface area is 185 Å². The maximum Gasteiger partial charge on any atom is 0.347 e. The predicted octanol–water partition coefficient (Wildman–Crippen LogP) is 4.71. The van der Waals surface area contributed by atoms with E-state index < -0.39 is 5.97 Å². The molecule has 0 amide bonds. The topological polar surface area (TPSA) is 100 Å². The van der Waals surface area contributed by atoms with Crippen LogP contribution in [0.3, 0.4) is 0 Å². The van der Waals surface area contributed by atoms with Gasteiger partial charge in [0, 0.05) is 18.8 Å². The summed E-state index contributed by atoms with van der Waals surface area (Å²) in [6.07, 6.45) is 9.58. The molecule has 5 rings (SSSR count). The number of esters is 1. The summed E-state index contributed by atoms with van der Waals surface area (Å²) in [6, 6.07) is 3.87. The van der Waals surface area contributed by atoms with E-state index in [4.69, 9.17) is 9.15 Å². The summed E-state index contributed by atoms with van der Waals surface area (Å²) in [5, 5.41) is 12.6. The number of anilines is 1. The number of pyridine rings is 1. The number of hydrogen-bond donors (Lipinski definition) is 2. The van der Waals surface area contributed by atoms with E-state index in [9.17, 15) is 9.90 Å². The number of furan rings is 1. The second-order valence-corrected chi connectivity index (χ2v) is 8.01. The number of hydrazine groups is 1. The number of hydrogen-bond acceptors (Lipinski definition) is 8. The van der Waals surface area contributed by atoms with Crippen molar-refractivity contribution in [3.8, 4) is 5.75 Å². The second-order valence-electron chi connectivity index (χ2n) is 8.01. The molecule has 1 saturated carbocycles. The molecule has 0 saturated heterocycles. The summed E-state index contributed by atoms with van der Waals surface area (Å²) in [5.74, 6) is 0.200. The lowest BCUT2D eigenvalue weighted by Gasteiger charge is -2.24. The van der Waals surface area contributed by atoms with Crippen molar-refractivity contribution in [3.05, 3.63) is 64.2 Å². The molecule has 1 unspecified atom stereocenters. The third-order valence-electron chi connectivity index (χ3n) is 5.77. The number of aromatic hydroxyl groups is 1. The lowest BCUT2D eigenvalue weighted by atomic mass is 10.0. The van der Waals surface area contributed by atoms with Gasteiger partial charge < -0.3 is 14.3 Å². The first kappa shape index (κ1) is 20.1. The number of ether oxygens (including phenoxy) is 1. The first-order chi connectivity index (χ1) is 15.5. The van der Waals surface area contributed by atoms with Gasteiger partial charge in [0.15, 0.2) is 22.9 Å². The monoisotopic (exact) mass is 432 g/mol. The second kappa shape index (κ2) is 7.71. The SMILES string of the molecule is CCOC(=O)c1c(NN(C)C2=CCCC(C)=C2)oc(C=C2C3=Nc4ncccc4C23)c1O. The first-order valence-electron chi connectivity index (χ1n) is 10.6. The van der Waals surface area contributed by atoms with E-state index >= 15 is 0 Å². The Balaban J connectivity index is 1.46. The van der Waals surface area contributed by atoms with Crippen molar-refractivity contribution in [2.24, 2.45) is 4.99 Å². The molecule has 0 aromatic carbocycles. The lowest BCUT2D eigenvalue weighted by Crippen LogP contribution is -2.25. The third kappa shape index (κ3) is 3.37. The highest BCUT2D eigenvalue weighted by atomic mass is 16.5. The van der Waals surface area contributed by atoms with Crippen molar-refractivity contribution in [1.82, 2.24) is 9.99 Å². The Bertz CT molecular complexity index is 1230. The number of carbonyl (C=O) groups is 1. The minimum Gasteiger partial charge on any atom is -0.504 e. The summed E-state index contributed by atoms with van der Waals surface area (Å²) in [5.41, 5.74) is 8.17. The fraction of sp³-hybridized carbons (Fsp3) is 0.292. The molecule has 8 heteroatoms. The smallest absolute Gasteiger partial charge is 0.347 e. The van der Waals surface area contributed by atoms with Crippen LogP contribution in [0.4, 0.5) is 11.7 Å².